The number of amides is 2. The smallest absolute Gasteiger partial charge is 0.341 e. The fourth-order valence-electron chi connectivity index (χ4n) is 3.80. The Kier molecular flexibility index (Phi) is 5.37. The van der Waals surface area contributed by atoms with Gasteiger partial charge in [0.25, 0.3) is 5.88 Å². The third-order valence-corrected chi connectivity index (χ3v) is 5.47. The molecule has 34 heavy (non-hydrogen) atoms. The number of benzene rings is 1. The van der Waals surface area contributed by atoms with Gasteiger partial charge in [-0.2, -0.15) is 19.7 Å². The number of hydrogen-bond acceptors (Lipinski definition) is 6. The summed E-state index contributed by atoms with van der Waals surface area (Å²) < 4.78 is 48.5. The van der Waals surface area contributed by atoms with Crippen molar-refractivity contribution in [2.75, 3.05) is 13.1 Å². The van der Waals surface area contributed by atoms with Crippen LogP contribution in [0.25, 0.3) is 5.95 Å². The Bertz CT molecular complexity index is 1310. The van der Waals surface area contributed by atoms with Crippen LogP contribution in [0.4, 0.5) is 18.0 Å². The van der Waals surface area contributed by atoms with Crippen LogP contribution in [0.5, 0.6) is 5.88 Å². The topological polar surface area (TPSA) is 99.6 Å². The molecule has 0 spiro atoms. The molecule has 1 unspecified atom stereocenters. The van der Waals surface area contributed by atoms with Gasteiger partial charge in [-0.25, -0.2) is 23.6 Å². The van der Waals surface area contributed by atoms with Gasteiger partial charge in [0, 0.05) is 24.9 Å². The molecule has 4 heterocycles. The highest BCUT2D eigenvalue weighted by Crippen LogP contribution is 2.31. The minimum Gasteiger partial charge on any atom is -0.468 e. The van der Waals surface area contributed by atoms with E-state index in [0.717, 1.165) is 12.3 Å². The largest absolute Gasteiger partial charge is 0.468 e. The van der Waals surface area contributed by atoms with Gasteiger partial charge in [-0.05, 0) is 29.8 Å². The first-order valence-corrected chi connectivity index (χ1v) is 10.3. The van der Waals surface area contributed by atoms with E-state index in [0.29, 0.717) is 12.0 Å². The Labute approximate surface area is 191 Å². The molecule has 2 aromatic heterocycles. The van der Waals surface area contributed by atoms with E-state index in [1.807, 2.05) is 6.07 Å². The molecule has 2 aliphatic rings. The first kappa shape index (κ1) is 21.4. The third kappa shape index (κ3) is 3.92. The van der Waals surface area contributed by atoms with Crippen molar-refractivity contribution in [1.82, 2.24) is 24.4 Å². The molecule has 12 heteroatoms. The maximum absolute atomic E-state index is 14.2. The van der Waals surface area contributed by atoms with E-state index < -0.39 is 35.6 Å². The van der Waals surface area contributed by atoms with E-state index in [9.17, 15) is 18.0 Å². The second kappa shape index (κ2) is 8.51. The van der Waals surface area contributed by atoms with Crippen molar-refractivity contribution in [1.29, 1.82) is 5.26 Å². The van der Waals surface area contributed by atoms with E-state index in [4.69, 9.17) is 10.00 Å². The molecule has 0 saturated carbocycles. The fraction of sp³-hybridized carbons (Fsp3) is 0.227. The summed E-state index contributed by atoms with van der Waals surface area (Å²) >= 11 is 0. The zero-order valence-corrected chi connectivity index (χ0v) is 17.5. The van der Waals surface area contributed by atoms with Crippen LogP contribution in [-0.2, 0) is 0 Å². The number of hydrazone groups is 1. The van der Waals surface area contributed by atoms with Crippen LogP contribution in [0.15, 0.2) is 47.8 Å². The van der Waals surface area contributed by atoms with Gasteiger partial charge >= 0.3 is 6.03 Å². The number of carbonyl (C=O) groups is 1. The van der Waals surface area contributed by atoms with Crippen molar-refractivity contribution in [2.24, 2.45) is 5.10 Å². The number of carbonyl (C=O) groups excluding carboxylic acids is 1. The minimum atomic E-state index is -0.781. The lowest BCUT2D eigenvalue weighted by atomic mass is 10.0. The molecule has 1 fully saturated rings. The number of aromatic nitrogens is 3. The highest BCUT2D eigenvalue weighted by Gasteiger charge is 2.39. The average Bonchev–Trinajstić information content (AvgIpc) is 3.45. The van der Waals surface area contributed by atoms with Crippen molar-refractivity contribution in [2.45, 2.75) is 18.6 Å². The number of ether oxygens (including phenoxy) is 1. The normalized spacial score (nSPS) is 17.5. The Balaban J connectivity index is 1.25. The summed E-state index contributed by atoms with van der Waals surface area (Å²) in [5.74, 6) is -2.48. The van der Waals surface area contributed by atoms with Gasteiger partial charge in [0.05, 0.1) is 25.3 Å². The van der Waals surface area contributed by atoms with Gasteiger partial charge in [-0.1, -0.05) is 0 Å². The van der Waals surface area contributed by atoms with Gasteiger partial charge < -0.3 is 9.64 Å². The van der Waals surface area contributed by atoms with Crippen molar-refractivity contribution in [3.8, 4) is 17.9 Å². The van der Waals surface area contributed by atoms with Gasteiger partial charge in [0.15, 0.2) is 0 Å². The van der Waals surface area contributed by atoms with E-state index >= 15 is 0 Å². The lowest BCUT2D eigenvalue weighted by Gasteiger charge is -2.40. The molecular weight excluding hydrogens is 451 g/mol. The molecule has 2 amide bonds. The zero-order valence-electron chi connectivity index (χ0n) is 17.5. The minimum absolute atomic E-state index is 0.0711. The standard InChI is InChI=1S/C22H16F3N7O2/c23-14-6-13(7-15(24)8-14)19-3-4-28-32(19)22(33)30-11-17(12-30)34-20-18(25)10-27-21(29-20)31-5-1-2-16(31)9-26/h1-2,4-8,10,17,19H,3,11-12H2. The van der Waals surface area contributed by atoms with E-state index in [1.54, 1.807) is 18.3 Å². The maximum Gasteiger partial charge on any atom is 0.341 e. The van der Waals surface area contributed by atoms with Crippen LogP contribution in [0.1, 0.15) is 23.7 Å². The predicted octanol–water partition coefficient (Wildman–Crippen LogP) is 3.17. The summed E-state index contributed by atoms with van der Waals surface area (Å²) in [4.78, 5) is 22.3. The quantitative estimate of drug-likeness (QED) is 0.587. The van der Waals surface area contributed by atoms with Gasteiger partial charge in [0.2, 0.25) is 11.8 Å². The molecule has 1 aromatic carbocycles. The summed E-state index contributed by atoms with van der Waals surface area (Å²) in [7, 11) is 0. The SMILES string of the molecule is N#Cc1cccn1-c1ncc(F)c(OC2CN(C(=O)N3N=CCC3c3cc(F)cc(F)c3)C2)n1. The Hall–Kier alpha value is -4.40. The van der Waals surface area contributed by atoms with Crippen LogP contribution in [-0.4, -0.2) is 55.9 Å². The van der Waals surface area contributed by atoms with Gasteiger partial charge in [-0.3, -0.25) is 4.57 Å². The van der Waals surface area contributed by atoms with Gasteiger partial charge in [-0.15, -0.1) is 0 Å². The van der Waals surface area contributed by atoms with E-state index in [2.05, 4.69) is 15.1 Å². The fourth-order valence-corrected chi connectivity index (χ4v) is 3.80. The van der Waals surface area contributed by atoms with E-state index in [-0.39, 0.29) is 30.6 Å². The number of rotatable bonds is 4. The second-order valence-electron chi connectivity index (χ2n) is 7.72. The highest BCUT2D eigenvalue weighted by atomic mass is 19.1. The van der Waals surface area contributed by atoms with Crippen LogP contribution < -0.4 is 4.74 Å². The summed E-state index contributed by atoms with van der Waals surface area (Å²) in [5.41, 5.74) is 0.575. The molecule has 0 aliphatic carbocycles. The van der Waals surface area contributed by atoms with Crippen LogP contribution in [0, 0.1) is 28.8 Å². The monoisotopic (exact) mass is 467 g/mol. The first-order chi connectivity index (χ1) is 16.4. The summed E-state index contributed by atoms with van der Waals surface area (Å²) in [6, 6.07) is 7.19. The number of hydrogen-bond donors (Lipinski definition) is 0. The number of nitrogens with zero attached hydrogens (tertiary/aromatic N) is 7. The zero-order chi connectivity index (χ0) is 23.8. The average molecular weight is 467 g/mol. The summed E-state index contributed by atoms with van der Waals surface area (Å²) in [5, 5.41) is 14.4. The van der Waals surface area contributed by atoms with Crippen LogP contribution in [0.3, 0.4) is 0 Å². The molecule has 9 nitrogen and oxygen atoms in total. The number of halogens is 3. The molecular formula is C22H16F3N7O2. The number of nitriles is 1. The van der Waals surface area contributed by atoms with Crippen molar-refractivity contribution in [3.63, 3.8) is 0 Å². The van der Waals surface area contributed by atoms with E-state index in [1.165, 1.54) is 32.8 Å². The van der Waals surface area contributed by atoms with Crippen LogP contribution in [0.2, 0.25) is 0 Å². The summed E-state index contributed by atoms with van der Waals surface area (Å²) in [6.07, 6.45) is 3.81. The Morgan fingerprint density at radius 3 is 2.68 bits per heavy atom. The highest BCUT2D eigenvalue weighted by molar-refractivity contribution is 5.79. The Morgan fingerprint density at radius 1 is 1.18 bits per heavy atom. The third-order valence-electron chi connectivity index (χ3n) is 5.47. The number of urea groups is 1. The lowest BCUT2D eigenvalue weighted by molar-refractivity contribution is 0.0229. The van der Waals surface area contributed by atoms with Crippen molar-refractivity contribution >= 4 is 12.2 Å². The molecule has 0 radical (unpaired) electrons. The molecule has 2 aliphatic heterocycles. The lowest BCUT2D eigenvalue weighted by Crippen LogP contribution is -2.59. The molecule has 0 bridgehead atoms. The van der Waals surface area contributed by atoms with Crippen molar-refractivity contribution in [3.05, 3.63) is 71.4 Å². The maximum atomic E-state index is 14.2. The van der Waals surface area contributed by atoms with Crippen LogP contribution >= 0.6 is 0 Å². The molecule has 1 saturated heterocycles. The van der Waals surface area contributed by atoms with Crippen molar-refractivity contribution < 1.29 is 22.7 Å². The molecule has 0 N–H and O–H groups in total. The first-order valence-electron chi connectivity index (χ1n) is 10.3. The van der Waals surface area contributed by atoms with Gasteiger partial charge in [0.1, 0.15) is 29.5 Å². The molecule has 1 atom stereocenters. The predicted molar refractivity (Wildman–Crippen MR) is 111 cm³/mol. The Morgan fingerprint density at radius 2 is 1.94 bits per heavy atom. The molecule has 5 rings (SSSR count). The molecule has 172 valence electrons. The number of likely N-dealkylation sites (tertiary alicyclic amines) is 1. The molecule has 3 aromatic rings. The second-order valence-corrected chi connectivity index (χ2v) is 7.72. The summed E-state index contributed by atoms with van der Waals surface area (Å²) in [6.45, 7) is 0.279.